The van der Waals surface area contributed by atoms with Gasteiger partial charge in [-0.15, -0.1) is 10.2 Å². The van der Waals surface area contributed by atoms with E-state index in [4.69, 9.17) is 11.1 Å². The highest BCUT2D eigenvalue weighted by Crippen LogP contribution is 1.97. The molecule has 7 heteroatoms. The topological polar surface area (TPSA) is 96.7 Å². The smallest absolute Gasteiger partial charge is 0.188 e. The zero-order valence-corrected chi connectivity index (χ0v) is 9.14. The summed E-state index contributed by atoms with van der Waals surface area (Å²) < 4.78 is 0. The van der Waals surface area contributed by atoms with Gasteiger partial charge in [0, 0.05) is 13.0 Å². The zero-order valence-electron chi connectivity index (χ0n) is 9.14. The molecule has 1 aromatic heterocycles. The quantitative estimate of drug-likeness (QED) is 0.482. The molecule has 0 aromatic carbocycles. The Labute approximate surface area is 88.8 Å². The minimum atomic E-state index is 0.209. The molecule has 15 heavy (non-hydrogen) atoms. The van der Waals surface area contributed by atoms with Gasteiger partial charge < -0.3 is 5.73 Å². The molecule has 1 heterocycles. The Bertz CT molecular complexity index is 319. The van der Waals surface area contributed by atoms with E-state index in [1.165, 1.54) is 4.80 Å². The van der Waals surface area contributed by atoms with E-state index in [-0.39, 0.29) is 5.84 Å². The van der Waals surface area contributed by atoms with Gasteiger partial charge in [-0.3, -0.25) is 10.3 Å². The van der Waals surface area contributed by atoms with Gasteiger partial charge in [0.2, 0.25) is 0 Å². The van der Waals surface area contributed by atoms with Crippen LogP contribution in [0.5, 0.6) is 0 Å². The first-order chi connectivity index (χ1) is 7.11. The van der Waals surface area contributed by atoms with Crippen molar-refractivity contribution in [1.82, 2.24) is 25.1 Å². The van der Waals surface area contributed by atoms with Crippen LogP contribution in [0.2, 0.25) is 0 Å². The van der Waals surface area contributed by atoms with Crippen molar-refractivity contribution in [1.29, 1.82) is 5.41 Å². The lowest BCUT2D eigenvalue weighted by Gasteiger charge is -2.17. The number of hydrogen-bond donors (Lipinski definition) is 2. The third-order valence-electron chi connectivity index (χ3n) is 2.06. The monoisotopic (exact) mass is 211 g/mol. The number of nitrogens with zero attached hydrogens (tertiary/aromatic N) is 5. The molecule has 0 amide bonds. The second kappa shape index (κ2) is 5.40. The number of hydrogen-bond acceptors (Lipinski definition) is 5. The Morgan fingerprint density at radius 2 is 2.33 bits per heavy atom. The summed E-state index contributed by atoms with van der Waals surface area (Å²) in [6.07, 6.45) is 0.577. The van der Waals surface area contributed by atoms with Gasteiger partial charge in [0.1, 0.15) is 0 Å². The van der Waals surface area contributed by atoms with E-state index < -0.39 is 0 Å². The maximum Gasteiger partial charge on any atom is 0.188 e. The summed E-state index contributed by atoms with van der Waals surface area (Å²) in [5.41, 5.74) is 5.30. The van der Waals surface area contributed by atoms with Crippen LogP contribution in [0, 0.1) is 5.41 Å². The highest BCUT2D eigenvalue weighted by molar-refractivity contribution is 5.76. The number of nitrogens with two attached hydrogens (primary N) is 1. The van der Waals surface area contributed by atoms with Crippen LogP contribution >= 0.6 is 0 Å². The molecule has 3 N–H and O–H groups in total. The highest BCUT2D eigenvalue weighted by atomic mass is 15.6. The van der Waals surface area contributed by atoms with Crippen LogP contribution in [0.3, 0.4) is 0 Å². The average molecular weight is 211 g/mol. The van der Waals surface area contributed by atoms with Crippen LogP contribution < -0.4 is 5.73 Å². The second-order valence-corrected chi connectivity index (χ2v) is 3.34. The van der Waals surface area contributed by atoms with Gasteiger partial charge in [0.15, 0.2) is 5.82 Å². The maximum atomic E-state index is 7.15. The van der Waals surface area contributed by atoms with E-state index in [0.717, 1.165) is 13.1 Å². The molecule has 0 saturated carbocycles. The van der Waals surface area contributed by atoms with Crippen LogP contribution in [0.25, 0.3) is 0 Å². The van der Waals surface area contributed by atoms with Crippen molar-refractivity contribution in [2.24, 2.45) is 12.8 Å². The summed E-state index contributed by atoms with van der Waals surface area (Å²) in [7, 11) is 1.74. The lowest BCUT2D eigenvalue weighted by atomic mass is 10.3. The van der Waals surface area contributed by atoms with E-state index in [1.807, 2.05) is 0 Å². The van der Waals surface area contributed by atoms with Gasteiger partial charge in [-0.05, 0) is 11.8 Å². The molecular weight excluding hydrogens is 194 g/mol. The van der Waals surface area contributed by atoms with Crippen molar-refractivity contribution in [2.45, 2.75) is 19.9 Å². The first kappa shape index (κ1) is 11.6. The number of nitrogens with one attached hydrogen (secondary N) is 1. The first-order valence-electron chi connectivity index (χ1n) is 4.90. The molecule has 0 spiro atoms. The summed E-state index contributed by atoms with van der Waals surface area (Å²) in [4.78, 5) is 3.56. The fourth-order valence-corrected chi connectivity index (χ4v) is 1.21. The van der Waals surface area contributed by atoms with E-state index in [1.54, 1.807) is 7.05 Å². The number of rotatable bonds is 6. The van der Waals surface area contributed by atoms with E-state index in [2.05, 4.69) is 27.2 Å². The number of aryl methyl sites for hydroxylation is 1. The highest BCUT2D eigenvalue weighted by Gasteiger charge is 2.07. The fourth-order valence-electron chi connectivity index (χ4n) is 1.21. The van der Waals surface area contributed by atoms with Crippen molar-refractivity contribution < 1.29 is 0 Å². The van der Waals surface area contributed by atoms with Crippen LogP contribution in [0.1, 0.15) is 19.2 Å². The molecule has 0 fully saturated rings. The van der Waals surface area contributed by atoms with E-state index in [9.17, 15) is 0 Å². The van der Waals surface area contributed by atoms with Gasteiger partial charge in [-0.25, -0.2) is 0 Å². The number of tetrazole rings is 1. The minimum absolute atomic E-state index is 0.209. The molecule has 0 atom stereocenters. The molecular formula is C8H17N7. The molecule has 0 bridgehead atoms. The van der Waals surface area contributed by atoms with Gasteiger partial charge in [0.05, 0.1) is 19.4 Å². The summed E-state index contributed by atoms with van der Waals surface area (Å²) in [6.45, 7) is 4.34. The van der Waals surface area contributed by atoms with Crippen molar-refractivity contribution in [3.05, 3.63) is 5.82 Å². The lowest BCUT2D eigenvalue weighted by molar-refractivity contribution is 0.280. The molecule has 84 valence electrons. The SMILES string of the molecule is CCN(CCC(=N)N)Cc1nnn(C)n1. The summed E-state index contributed by atoms with van der Waals surface area (Å²) in [5, 5.41) is 18.9. The Kier molecular flexibility index (Phi) is 4.17. The summed E-state index contributed by atoms with van der Waals surface area (Å²) in [6, 6.07) is 0. The predicted molar refractivity (Wildman–Crippen MR) is 56.3 cm³/mol. The molecule has 0 unspecified atom stereocenters. The Balaban J connectivity index is 2.42. The maximum absolute atomic E-state index is 7.15. The van der Waals surface area contributed by atoms with Crippen molar-refractivity contribution in [3.63, 3.8) is 0 Å². The molecule has 1 aromatic rings. The van der Waals surface area contributed by atoms with Crippen LogP contribution in [0.15, 0.2) is 0 Å². The standard InChI is InChI=1S/C8H17N7/c1-3-15(5-4-7(9)10)6-8-11-13-14(2)12-8/h3-6H2,1-2H3,(H3,9,10). The minimum Gasteiger partial charge on any atom is -0.388 e. The second-order valence-electron chi connectivity index (χ2n) is 3.34. The fraction of sp³-hybridized carbons (Fsp3) is 0.750. The third kappa shape index (κ3) is 4.03. The molecule has 0 aliphatic carbocycles. The van der Waals surface area contributed by atoms with E-state index in [0.29, 0.717) is 18.8 Å². The Morgan fingerprint density at radius 1 is 1.60 bits per heavy atom. The number of amidine groups is 1. The van der Waals surface area contributed by atoms with Crippen molar-refractivity contribution in [3.8, 4) is 0 Å². The number of aromatic nitrogens is 4. The van der Waals surface area contributed by atoms with Gasteiger partial charge >= 0.3 is 0 Å². The first-order valence-corrected chi connectivity index (χ1v) is 4.90. The summed E-state index contributed by atoms with van der Waals surface area (Å²) >= 11 is 0. The Morgan fingerprint density at radius 3 is 2.80 bits per heavy atom. The molecule has 0 saturated heterocycles. The van der Waals surface area contributed by atoms with Crippen LogP contribution in [-0.2, 0) is 13.6 Å². The lowest BCUT2D eigenvalue weighted by Crippen LogP contribution is -2.28. The van der Waals surface area contributed by atoms with Crippen molar-refractivity contribution >= 4 is 5.84 Å². The third-order valence-corrected chi connectivity index (χ3v) is 2.06. The normalized spacial score (nSPS) is 10.9. The Hall–Kier alpha value is -1.50. The molecule has 1 rings (SSSR count). The predicted octanol–water partition coefficient (Wildman–Crippen LogP) is -0.642. The summed E-state index contributed by atoms with van der Waals surface area (Å²) in [5.74, 6) is 0.906. The van der Waals surface area contributed by atoms with Gasteiger partial charge in [-0.2, -0.15) is 4.80 Å². The van der Waals surface area contributed by atoms with Crippen LogP contribution in [-0.4, -0.2) is 44.0 Å². The van der Waals surface area contributed by atoms with Gasteiger partial charge in [-0.1, -0.05) is 6.92 Å². The van der Waals surface area contributed by atoms with Crippen molar-refractivity contribution in [2.75, 3.05) is 13.1 Å². The van der Waals surface area contributed by atoms with Crippen LogP contribution in [0.4, 0.5) is 0 Å². The molecule has 0 radical (unpaired) electrons. The molecule has 0 aliphatic rings. The zero-order chi connectivity index (χ0) is 11.3. The largest absolute Gasteiger partial charge is 0.388 e. The van der Waals surface area contributed by atoms with Gasteiger partial charge in [0.25, 0.3) is 0 Å². The molecule has 7 nitrogen and oxygen atoms in total. The van der Waals surface area contributed by atoms with E-state index >= 15 is 0 Å². The molecule has 0 aliphatic heterocycles. The average Bonchev–Trinajstić information content (AvgIpc) is 2.58.